The first kappa shape index (κ1) is 20.9. The average molecular weight is 398 g/mol. The molecule has 1 aromatic rings. The number of benzene rings is 1. The highest BCUT2D eigenvalue weighted by molar-refractivity contribution is 5.80. The van der Waals surface area contributed by atoms with Crippen molar-refractivity contribution in [2.75, 3.05) is 39.4 Å². The number of ether oxygens (including phenoxy) is 1. The van der Waals surface area contributed by atoms with E-state index in [1.165, 1.54) is 0 Å². The fourth-order valence-electron chi connectivity index (χ4n) is 3.48. The summed E-state index contributed by atoms with van der Waals surface area (Å²) in [4.78, 5) is 6.96. The largest absolute Gasteiger partial charge is 0.416 e. The Morgan fingerprint density at radius 2 is 2.00 bits per heavy atom. The molecule has 0 saturated carbocycles. The lowest BCUT2D eigenvalue weighted by Crippen LogP contribution is -2.47. The van der Waals surface area contributed by atoms with Crippen LogP contribution in [0.4, 0.5) is 13.2 Å². The van der Waals surface area contributed by atoms with Crippen molar-refractivity contribution in [2.45, 2.75) is 39.0 Å². The van der Waals surface area contributed by atoms with Gasteiger partial charge in [-0.15, -0.1) is 0 Å². The van der Waals surface area contributed by atoms with Crippen molar-refractivity contribution in [3.05, 3.63) is 35.4 Å². The van der Waals surface area contributed by atoms with Crippen molar-refractivity contribution in [3.8, 4) is 0 Å². The van der Waals surface area contributed by atoms with Gasteiger partial charge >= 0.3 is 6.18 Å². The van der Waals surface area contributed by atoms with Crippen molar-refractivity contribution >= 4 is 5.96 Å². The lowest BCUT2D eigenvalue weighted by atomic mass is 9.89. The van der Waals surface area contributed by atoms with E-state index in [-0.39, 0.29) is 11.5 Å². The second kappa shape index (κ2) is 8.69. The van der Waals surface area contributed by atoms with Gasteiger partial charge in [0.25, 0.3) is 0 Å². The van der Waals surface area contributed by atoms with E-state index < -0.39 is 11.7 Å². The van der Waals surface area contributed by atoms with Crippen LogP contribution >= 0.6 is 0 Å². The number of likely N-dealkylation sites (tertiary alicyclic amines) is 1. The third-order valence-corrected chi connectivity index (χ3v) is 5.16. The standard InChI is InChI=1S/C20H29F3N4O/c1-3-24-18(25-12-19(2)13-28-14-19)26-17-8-9-27(11-17)10-15-4-6-16(7-5-15)20(21,22)23/h4-7,17H,3,8-14H2,1-2H3,(H2,24,25,26). The second-order valence-corrected chi connectivity index (χ2v) is 8.06. The summed E-state index contributed by atoms with van der Waals surface area (Å²) in [5, 5.41) is 6.78. The molecule has 5 nitrogen and oxygen atoms in total. The molecule has 1 unspecified atom stereocenters. The van der Waals surface area contributed by atoms with Gasteiger partial charge in [0.2, 0.25) is 0 Å². The SMILES string of the molecule is CCNC(=NCC1(C)COC1)NC1CCN(Cc2ccc(C(F)(F)F)cc2)C1. The summed E-state index contributed by atoms with van der Waals surface area (Å²) in [6.07, 6.45) is -3.31. The molecule has 2 aliphatic heterocycles. The van der Waals surface area contributed by atoms with Gasteiger partial charge in [-0.3, -0.25) is 9.89 Å². The second-order valence-electron chi connectivity index (χ2n) is 8.06. The van der Waals surface area contributed by atoms with Crippen LogP contribution in [0, 0.1) is 5.41 Å². The molecule has 2 aliphatic rings. The molecule has 1 aromatic carbocycles. The average Bonchev–Trinajstić information content (AvgIpc) is 3.05. The Bertz CT molecular complexity index is 671. The number of nitrogens with one attached hydrogen (secondary N) is 2. The molecule has 1 atom stereocenters. The maximum Gasteiger partial charge on any atom is 0.416 e. The molecule has 0 aromatic heterocycles. The third-order valence-electron chi connectivity index (χ3n) is 5.16. The van der Waals surface area contributed by atoms with Gasteiger partial charge in [0.1, 0.15) is 0 Å². The van der Waals surface area contributed by atoms with Crippen molar-refractivity contribution in [2.24, 2.45) is 10.4 Å². The van der Waals surface area contributed by atoms with E-state index in [0.29, 0.717) is 6.54 Å². The summed E-state index contributed by atoms with van der Waals surface area (Å²) in [6.45, 7) is 9.63. The van der Waals surface area contributed by atoms with Crippen LogP contribution in [0.5, 0.6) is 0 Å². The van der Waals surface area contributed by atoms with Gasteiger partial charge in [-0.05, 0) is 31.0 Å². The van der Waals surface area contributed by atoms with Crippen molar-refractivity contribution in [1.82, 2.24) is 15.5 Å². The molecule has 0 radical (unpaired) electrons. The molecule has 0 spiro atoms. The highest BCUT2D eigenvalue weighted by Crippen LogP contribution is 2.29. The maximum atomic E-state index is 12.7. The number of hydrogen-bond acceptors (Lipinski definition) is 3. The fourth-order valence-corrected chi connectivity index (χ4v) is 3.48. The molecule has 3 rings (SSSR count). The Kier molecular flexibility index (Phi) is 6.50. The van der Waals surface area contributed by atoms with E-state index in [1.54, 1.807) is 12.1 Å². The van der Waals surface area contributed by atoms with Crippen molar-refractivity contribution < 1.29 is 17.9 Å². The molecule has 0 amide bonds. The van der Waals surface area contributed by atoms with Crippen LogP contribution in [0.3, 0.4) is 0 Å². The number of aliphatic imine (C=N–C) groups is 1. The maximum absolute atomic E-state index is 12.7. The monoisotopic (exact) mass is 398 g/mol. The van der Waals surface area contributed by atoms with Crippen LogP contribution in [0.25, 0.3) is 0 Å². The molecule has 8 heteroatoms. The van der Waals surface area contributed by atoms with E-state index in [2.05, 4.69) is 22.5 Å². The minimum Gasteiger partial charge on any atom is -0.380 e. The lowest BCUT2D eigenvalue weighted by Gasteiger charge is -2.36. The van der Waals surface area contributed by atoms with Gasteiger partial charge in [-0.25, -0.2) is 0 Å². The first-order valence-electron chi connectivity index (χ1n) is 9.78. The summed E-state index contributed by atoms with van der Waals surface area (Å²) in [6, 6.07) is 5.72. The van der Waals surface area contributed by atoms with Gasteiger partial charge in [0, 0.05) is 37.6 Å². The van der Waals surface area contributed by atoms with Crippen LogP contribution < -0.4 is 10.6 Å². The Balaban J connectivity index is 1.50. The zero-order valence-corrected chi connectivity index (χ0v) is 16.5. The van der Waals surface area contributed by atoms with Gasteiger partial charge in [-0.2, -0.15) is 13.2 Å². The Morgan fingerprint density at radius 3 is 2.57 bits per heavy atom. The first-order valence-corrected chi connectivity index (χ1v) is 9.78. The van der Waals surface area contributed by atoms with Gasteiger partial charge in [0.15, 0.2) is 5.96 Å². The predicted octanol–water partition coefficient (Wildman–Crippen LogP) is 2.87. The minimum absolute atomic E-state index is 0.132. The summed E-state index contributed by atoms with van der Waals surface area (Å²) in [5.74, 6) is 0.817. The topological polar surface area (TPSA) is 48.9 Å². The number of rotatable bonds is 6. The van der Waals surface area contributed by atoms with E-state index in [4.69, 9.17) is 9.73 Å². The minimum atomic E-state index is -4.29. The molecule has 2 heterocycles. The third kappa shape index (κ3) is 5.61. The number of guanidine groups is 1. The van der Waals surface area contributed by atoms with Gasteiger partial charge in [0.05, 0.1) is 25.3 Å². The van der Waals surface area contributed by atoms with Crippen LogP contribution in [0.15, 0.2) is 29.3 Å². The molecule has 156 valence electrons. The van der Waals surface area contributed by atoms with E-state index in [1.807, 2.05) is 6.92 Å². The molecular weight excluding hydrogens is 369 g/mol. The molecule has 0 aliphatic carbocycles. The summed E-state index contributed by atoms with van der Waals surface area (Å²) in [7, 11) is 0. The number of hydrogen-bond donors (Lipinski definition) is 2. The van der Waals surface area contributed by atoms with Gasteiger partial charge in [-0.1, -0.05) is 19.1 Å². The Hall–Kier alpha value is -1.80. The molecule has 2 N–H and O–H groups in total. The normalized spacial score (nSPS) is 22.8. The van der Waals surface area contributed by atoms with E-state index in [9.17, 15) is 13.2 Å². The Morgan fingerprint density at radius 1 is 1.29 bits per heavy atom. The summed E-state index contributed by atoms with van der Waals surface area (Å²) in [5.41, 5.74) is 0.425. The molecule has 2 fully saturated rings. The van der Waals surface area contributed by atoms with Crippen molar-refractivity contribution in [1.29, 1.82) is 0 Å². The summed E-state index contributed by atoms with van der Waals surface area (Å²) < 4.78 is 43.3. The predicted molar refractivity (Wildman–Crippen MR) is 103 cm³/mol. The smallest absolute Gasteiger partial charge is 0.380 e. The molecule has 0 bridgehead atoms. The number of nitrogens with zero attached hydrogens (tertiary/aromatic N) is 2. The molecular formula is C20H29F3N4O. The van der Waals surface area contributed by atoms with Crippen LogP contribution in [-0.4, -0.2) is 56.3 Å². The quantitative estimate of drug-likeness (QED) is 0.572. The van der Waals surface area contributed by atoms with Gasteiger partial charge < -0.3 is 15.4 Å². The fraction of sp³-hybridized carbons (Fsp3) is 0.650. The summed E-state index contributed by atoms with van der Waals surface area (Å²) >= 11 is 0. The molecule has 2 saturated heterocycles. The van der Waals surface area contributed by atoms with Crippen LogP contribution in [0.1, 0.15) is 31.4 Å². The highest BCUT2D eigenvalue weighted by Gasteiger charge is 2.33. The van der Waals surface area contributed by atoms with Crippen molar-refractivity contribution in [3.63, 3.8) is 0 Å². The highest BCUT2D eigenvalue weighted by atomic mass is 19.4. The van der Waals surface area contributed by atoms with Crippen LogP contribution in [-0.2, 0) is 17.5 Å². The molecule has 28 heavy (non-hydrogen) atoms. The van der Waals surface area contributed by atoms with Crippen LogP contribution in [0.2, 0.25) is 0 Å². The first-order chi connectivity index (χ1) is 13.3. The zero-order valence-electron chi connectivity index (χ0n) is 16.5. The van der Waals surface area contributed by atoms with E-state index >= 15 is 0 Å². The number of halogens is 3. The Labute approximate surface area is 164 Å². The van der Waals surface area contributed by atoms with E-state index in [0.717, 1.165) is 69.5 Å². The lowest BCUT2D eigenvalue weighted by molar-refractivity contribution is -0.137. The zero-order chi connectivity index (χ0) is 20.2. The number of alkyl halides is 3.